The van der Waals surface area contributed by atoms with Gasteiger partial charge in [0.05, 0.1) is 11.6 Å². The average molecular weight is 253 g/mol. The summed E-state index contributed by atoms with van der Waals surface area (Å²) in [6.45, 7) is 6.91. The van der Waals surface area contributed by atoms with E-state index in [2.05, 4.69) is 48.3 Å². The van der Waals surface area contributed by atoms with Crippen LogP contribution >= 0.6 is 0 Å². The first kappa shape index (κ1) is 13.4. The van der Waals surface area contributed by atoms with Gasteiger partial charge in [-0.1, -0.05) is 13.0 Å². The van der Waals surface area contributed by atoms with E-state index in [1.165, 1.54) is 16.7 Å². The number of benzene rings is 1. The summed E-state index contributed by atoms with van der Waals surface area (Å²) >= 11 is 0. The minimum atomic E-state index is 0.724. The maximum absolute atomic E-state index is 8.87. The summed E-state index contributed by atoms with van der Waals surface area (Å²) in [5.41, 5.74) is 4.44. The van der Waals surface area contributed by atoms with E-state index in [1.807, 2.05) is 18.2 Å². The molecule has 2 aromatic rings. The molecule has 2 rings (SSSR count). The van der Waals surface area contributed by atoms with Crippen LogP contribution in [0.2, 0.25) is 0 Å². The molecule has 1 aromatic carbocycles. The molecular formula is C16H19N3. The number of hydrogen-bond donors (Lipinski definition) is 1. The van der Waals surface area contributed by atoms with Gasteiger partial charge in [0.25, 0.3) is 0 Å². The molecule has 1 aromatic heterocycles. The molecule has 1 N–H and O–H groups in total. The van der Waals surface area contributed by atoms with Gasteiger partial charge in [0, 0.05) is 25.5 Å². The van der Waals surface area contributed by atoms with E-state index in [9.17, 15) is 0 Å². The third-order valence-electron chi connectivity index (χ3n) is 3.22. The number of nitrogens with one attached hydrogen (secondary N) is 1. The lowest BCUT2D eigenvalue weighted by Crippen LogP contribution is -2.11. The molecule has 0 amide bonds. The van der Waals surface area contributed by atoms with Gasteiger partial charge in [0.2, 0.25) is 0 Å². The summed E-state index contributed by atoms with van der Waals surface area (Å²) in [7, 11) is 0. The molecule has 0 atom stereocenters. The van der Waals surface area contributed by atoms with E-state index in [-0.39, 0.29) is 0 Å². The molecule has 19 heavy (non-hydrogen) atoms. The molecule has 0 saturated heterocycles. The van der Waals surface area contributed by atoms with Crippen LogP contribution in [0.4, 0.5) is 0 Å². The van der Waals surface area contributed by atoms with Crippen molar-refractivity contribution in [3.8, 4) is 6.07 Å². The first-order valence-electron chi connectivity index (χ1n) is 6.58. The van der Waals surface area contributed by atoms with Crippen molar-refractivity contribution in [3.05, 3.63) is 58.9 Å². The summed E-state index contributed by atoms with van der Waals surface area (Å²) < 4.78 is 2.18. The van der Waals surface area contributed by atoms with Gasteiger partial charge < -0.3 is 9.88 Å². The Hall–Kier alpha value is -2.05. The molecule has 3 heteroatoms. The summed E-state index contributed by atoms with van der Waals surface area (Å²) in [4.78, 5) is 0. The van der Waals surface area contributed by atoms with Crippen LogP contribution in [-0.2, 0) is 13.1 Å². The van der Waals surface area contributed by atoms with Gasteiger partial charge in [-0.2, -0.15) is 5.26 Å². The molecule has 3 nitrogen and oxygen atoms in total. The molecule has 0 bridgehead atoms. The molecule has 0 radical (unpaired) electrons. The topological polar surface area (TPSA) is 40.8 Å². The minimum Gasteiger partial charge on any atom is -0.350 e. The van der Waals surface area contributed by atoms with Crippen LogP contribution in [0.25, 0.3) is 0 Å². The normalized spacial score (nSPS) is 10.4. The molecule has 98 valence electrons. The predicted octanol–water partition coefficient (Wildman–Crippen LogP) is 2.83. The zero-order valence-electron chi connectivity index (χ0n) is 11.5. The number of nitriles is 1. The Morgan fingerprint density at radius 2 is 2.16 bits per heavy atom. The van der Waals surface area contributed by atoms with Crippen LogP contribution in [-0.4, -0.2) is 11.1 Å². The lowest BCUT2D eigenvalue weighted by Gasteiger charge is -2.07. The molecule has 0 aliphatic heterocycles. The van der Waals surface area contributed by atoms with Gasteiger partial charge in [-0.05, 0) is 48.4 Å². The fourth-order valence-electron chi connectivity index (χ4n) is 2.10. The van der Waals surface area contributed by atoms with Crippen LogP contribution in [0.1, 0.15) is 29.2 Å². The van der Waals surface area contributed by atoms with Gasteiger partial charge in [-0.3, -0.25) is 0 Å². The molecule has 0 unspecified atom stereocenters. The number of aromatic nitrogens is 1. The average Bonchev–Trinajstić information content (AvgIpc) is 2.86. The largest absolute Gasteiger partial charge is 0.350 e. The summed E-state index contributed by atoms with van der Waals surface area (Å²) in [5, 5.41) is 12.2. The first-order chi connectivity index (χ1) is 9.22. The zero-order chi connectivity index (χ0) is 13.7. The van der Waals surface area contributed by atoms with Crippen molar-refractivity contribution >= 4 is 0 Å². The van der Waals surface area contributed by atoms with Crippen molar-refractivity contribution in [2.75, 3.05) is 6.54 Å². The standard InChI is InChI=1S/C16H19N3/c1-3-18-10-15-6-7-19(11-15)12-16-5-4-14(9-17)8-13(16)2/h4-8,11,18H,3,10,12H2,1-2H3. The van der Waals surface area contributed by atoms with E-state index < -0.39 is 0 Å². The third kappa shape index (κ3) is 3.46. The fraction of sp³-hybridized carbons (Fsp3) is 0.312. The fourth-order valence-corrected chi connectivity index (χ4v) is 2.10. The molecule has 0 saturated carbocycles. The smallest absolute Gasteiger partial charge is 0.0991 e. The Labute approximate surface area is 114 Å². The summed E-state index contributed by atoms with van der Waals surface area (Å²) in [6, 6.07) is 10.2. The van der Waals surface area contributed by atoms with Crippen molar-refractivity contribution in [1.82, 2.24) is 9.88 Å². The highest BCUT2D eigenvalue weighted by Crippen LogP contribution is 2.13. The molecule has 0 aliphatic carbocycles. The second-order valence-corrected chi connectivity index (χ2v) is 4.73. The van der Waals surface area contributed by atoms with Crippen LogP contribution in [0.3, 0.4) is 0 Å². The van der Waals surface area contributed by atoms with Gasteiger partial charge >= 0.3 is 0 Å². The Bertz CT molecular complexity index is 590. The lowest BCUT2D eigenvalue weighted by atomic mass is 10.1. The third-order valence-corrected chi connectivity index (χ3v) is 3.22. The first-order valence-corrected chi connectivity index (χ1v) is 6.58. The number of nitrogens with zero attached hydrogens (tertiary/aromatic N) is 2. The van der Waals surface area contributed by atoms with Gasteiger partial charge in [-0.15, -0.1) is 0 Å². The molecular weight excluding hydrogens is 234 g/mol. The van der Waals surface area contributed by atoms with Crippen molar-refractivity contribution in [2.45, 2.75) is 26.9 Å². The van der Waals surface area contributed by atoms with Crippen LogP contribution in [0, 0.1) is 18.3 Å². The number of rotatable bonds is 5. The molecule has 0 fully saturated rings. The Balaban J connectivity index is 2.09. The lowest BCUT2D eigenvalue weighted by molar-refractivity contribution is 0.721. The van der Waals surface area contributed by atoms with E-state index in [4.69, 9.17) is 5.26 Å². The second kappa shape index (κ2) is 6.21. The highest BCUT2D eigenvalue weighted by molar-refractivity contribution is 5.37. The van der Waals surface area contributed by atoms with Gasteiger partial charge in [-0.25, -0.2) is 0 Å². The van der Waals surface area contributed by atoms with Crippen molar-refractivity contribution in [3.63, 3.8) is 0 Å². The van der Waals surface area contributed by atoms with Crippen LogP contribution < -0.4 is 5.32 Å². The predicted molar refractivity (Wildman–Crippen MR) is 76.8 cm³/mol. The zero-order valence-corrected chi connectivity index (χ0v) is 11.5. The van der Waals surface area contributed by atoms with E-state index in [0.717, 1.165) is 25.2 Å². The quantitative estimate of drug-likeness (QED) is 0.890. The van der Waals surface area contributed by atoms with Crippen molar-refractivity contribution in [2.24, 2.45) is 0 Å². The van der Waals surface area contributed by atoms with Crippen LogP contribution in [0.5, 0.6) is 0 Å². The van der Waals surface area contributed by atoms with E-state index in [1.54, 1.807) is 0 Å². The SMILES string of the molecule is CCNCc1ccn(Cc2ccc(C#N)cc2C)c1. The Morgan fingerprint density at radius 1 is 1.32 bits per heavy atom. The minimum absolute atomic E-state index is 0.724. The molecule has 0 aliphatic rings. The number of aryl methyl sites for hydroxylation is 1. The van der Waals surface area contributed by atoms with E-state index >= 15 is 0 Å². The van der Waals surface area contributed by atoms with Crippen molar-refractivity contribution in [1.29, 1.82) is 5.26 Å². The summed E-state index contributed by atoms with van der Waals surface area (Å²) in [6.07, 6.45) is 4.27. The Kier molecular flexibility index (Phi) is 4.38. The maximum atomic E-state index is 8.87. The monoisotopic (exact) mass is 253 g/mol. The number of hydrogen-bond acceptors (Lipinski definition) is 2. The second-order valence-electron chi connectivity index (χ2n) is 4.73. The Morgan fingerprint density at radius 3 is 2.84 bits per heavy atom. The van der Waals surface area contributed by atoms with E-state index in [0.29, 0.717) is 0 Å². The highest BCUT2D eigenvalue weighted by atomic mass is 14.9. The van der Waals surface area contributed by atoms with Crippen LogP contribution in [0.15, 0.2) is 36.7 Å². The molecule has 1 heterocycles. The van der Waals surface area contributed by atoms with Gasteiger partial charge in [0.1, 0.15) is 0 Å². The summed E-state index contributed by atoms with van der Waals surface area (Å²) in [5.74, 6) is 0. The maximum Gasteiger partial charge on any atom is 0.0991 e. The van der Waals surface area contributed by atoms with Gasteiger partial charge in [0.15, 0.2) is 0 Å². The van der Waals surface area contributed by atoms with Crippen molar-refractivity contribution < 1.29 is 0 Å². The highest BCUT2D eigenvalue weighted by Gasteiger charge is 2.02. The molecule has 0 spiro atoms.